The molecule has 0 spiro atoms. The van der Waals surface area contributed by atoms with Crippen molar-refractivity contribution in [2.45, 2.75) is 150 Å². The van der Waals surface area contributed by atoms with Crippen molar-refractivity contribution in [3.63, 3.8) is 0 Å². The molecule has 0 aliphatic heterocycles. The Morgan fingerprint density at radius 1 is 0.225 bits per heavy atom. The van der Waals surface area contributed by atoms with Gasteiger partial charge >= 0.3 is 7.82 Å². The number of alkyl halides is 30. The average molecular weight is 2970 g/mol. The zero-order valence-corrected chi connectivity index (χ0v) is 83.8. The van der Waals surface area contributed by atoms with E-state index >= 15 is 0 Å². The van der Waals surface area contributed by atoms with Crippen LogP contribution in [0.3, 0.4) is 0 Å². The molecule has 71 heavy (non-hydrogen) atoms. The number of hydrogen-bond donors (Lipinski definition) is 0. The Kier molecular flexibility index (Phi) is 55.1. The molecular weight excluding hydrogens is 2920 g/mol. The van der Waals surface area contributed by atoms with E-state index < -0.39 is 7.82 Å². The third-order valence-electron chi connectivity index (χ3n) is 9.88. The van der Waals surface area contributed by atoms with E-state index in [1.54, 1.807) is 0 Å². The summed E-state index contributed by atoms with van der Waals surface area (Å²) in [6.07, 6.45) is 2.88. The molecule has 0 aromatic heterocycles. The lowest BCUT2D eigenvalue weighted by Crippen LogP contribution is -2.45. The highest BCUT2D eigenvalue weighted by Gasteiger charge is 2.45. The lowest BCUT2D eigenvalue weighted by molar-refractivity contribution is 0.114. The van der Waals surface area contributed by atoms with E-state index in [9.17, 15) is 4.57 Å². The molecule has 0 radical (unpaired) electrons. The Balaban J connectivity index is 6.38. The van der Waals surface area contributed by atoms with Crippen LogP contribution in [0.15, 0.2) is 0 Å². The van der Waals surface area contributed by atoms with E-state index in [-0.39, 0.29) is 150 Å². The lowest BCUT2D eigenvalue weighted by Gasteiger charge is -2.35. The molecule has 0 rings (SSSR count). The van der Waals surface area contributed by atoms with Crippen LogP contribution in [0.4, 0.5) is 0 Å². The maximum atomic E-state index is 14.9. The summed E-state index contributed by atoms with van der Waals surface area (Å²) >= 11 is 116. The van der Waals surface area contributed by atoms with E-state index in [2.05, 4.69) is 478 Å². The van der Waals surface area contributed by atoms with Crippen molar-refractivity contribution in [3.05, 3.63) is 0 Å². The molecule has 0 bridgehead atoms. The van der Waals surface area contributed by atoms with Crippen molar-refractivity contribution in [2.75, 3.05) is 35.8 Å². The van der Waals surface area contributed by atoms with Gasteiger partial charge in [0.1, 0.15) is 0 Å². The van der Waals surface area contributed by atoms with Gasteiger partial charge in [-0.05, 0) is 19.3 Å². The Morgan fingerprint density at radius 3 is 0.493 bits per heavy atom. The first-order chi connectivity index (χ1) is 32.7. The van der Waals surface area contributed by atoms with Gasteiger partial charge in [0, 0.05) is 132 Å². The van der Waals surface area contributed by atoms with Crippen molar-refractivity contribution < 1.29 is 18.1 Å². The molecule has 0 aliphatic carbocycles. The zero-order chi connectivity index (χ0) is 55.6. The molecule has 428 valence electrons. The van der Waals surface area contributed by atoms with Crippen molar-refractivity contribution >= 4 is 486 Å². The van der Waals surface area contributed by atoms with Gasteiger partial charge in [0.05, 0.1) is 34.3 Å². The highest BCUT2D eigenvalue weighted by atomic mass is 79.9. The summed E-state index contributed by atoms with van der Waals surface area (Å²) in [6.45, 7) is -0.0336. The Morgan fingerprint density at radius 2 is 0.352 bits per heavy atom. The molecule has 35 heteroatoms. The van der Waals surface area contributed by atoms with Crippen molar-refractivity contribution in [3.8, 4) is 0 Å². The Hall–Kier alpha value is 14.5. The van der Waals surface area contributed by atoms with Gasteiger partial charge in [-0.2, -0.15) is 0 Å². The van der Waals surface area contributed by atoms with Crippen LogP contribution in [0, 0.1) is 0 Å². The summed E-state index contributed by atoms with van der Waals surface area (Å²) in [6, 6.07) is 0. The molecule has 0 saturated carbocycles. The third kappa shape index (κ3) is 30.4. The van der Waals surface area contributed by atoms with Gasteiger partial charge in [-0.25, -0.2) is 4.57 Å². The van der Waals surface area contributed by atoms with Gasteiger partial charge in [0.25, 0.3) is 0 Å². The van der Waals surface area contributed by atoms with Crippen LogP contribution in [-0.4, -0.2) is 166 Å². The van der Waals surface area contributed by atoms with Gasteiger partial charge < -0.3 is 0 Å². The standard InChI is InChI=1S/C36H45Br30O4P/c37-4-1-10(40)16(46)22(52)28(58)34(64)31(61)25(55)19(49)13(43)7-68-71(67,69-8-14(44)20(50)26(56)32(62)35(65)29(59)23(53)17(47)11(41)2-5-38)70-9-15(45)21(51)27(57)33(63)36(66)30(60)24(54)18(48)12(42)3-6-39/h10-36H,1-9H2. The molecule has 0 amide bonds. The second kappa shape index (κ2) is 45.7. The lowest BCUT2D eigenvalue weighted by atomic mass is 10.1. The predicted molar refractivity (Wildman–Crippen MR) is 424 cm³/mol. The summed E-state index contributed by atoms with van der Waals surface area (Å²) in [5.41, 5.74) is 0. The van der Waals surface area contributed by atoms with Crippen molar-refractivity contribution in [1.82, 2.24) is 0 Å². The van der Waals surface area contributed by atoms with Gasteiger partial charge in [0.2, 0.25) is 0 Å². The first-order valence-corrected chi connectivity index (χ1v) is 49.8. The third-order valence-corrected chi connectivity index (χ3v) is 59.6. The fourth-order valence-corrected chi connectivity index (χ4v) is 35.7. The first-order valence-electron chi connectivity index (χ1n) is 20.2. The molecule has 0 aliphatic rings. The van der Waals surface area contributed by atoms with E-state index in [0.717, 1.165) is 35.3 Å². The van der Waals surface area contributed by atoms with Crippen LogP contribution in [0.1, 0.15) is 19.3 Å². The quantitative estimate of drug-likeness (QED) is 0.0454. The molecule has 27 unspecified atom stereocenters. The smallest absolute Gasteiger partial charge is 0.286 e. The molecule has 0 N–H and O–H groups in total. The van der Waals surface area contributed by atoms with E-state index in [1.165, 1.54) is 0 Å². The monoisotopic (exact) mass is 2940 g/mol. The zero-order valence-electron chi connectivity index (χ0n) is 35.4. The van der Waals surface area contributed by atoms with Crippen LogP contribution < -0.4 is 0 Å². The maximum Gasteiger partial charge on any atom is 0.474 e. The van der Waals surface area contributed by atoms with Gasteiger partial charge in [-0.1, -0.05) is 478 Å². The predicted octanol–water partition coefficient (Wildman–Crippen LogP) is 25.1. The minimum absolute atomic E-state index is 0.0112. The Labute approximate surface area is 674 Å². The maximum absolute atomic E-state index is 14.9. The van der Waals surface area contributed by atoms with E-state index in [0.29, 0.717) is 0 Å². The van der Waals surface area contributed by atoms with Crippen molar-refractivity contribution in [1.29, 1.82) is 0 Å². The minimum atomic E-state index is -4.23. The minimum Gasteiger partial charge on any atom is -0.286 e. The fraction of sp³-hybridized carbons (Fsp3) is 1.00. The molecule has 0 aromatic rings. The largest absolute Gasteiger partial charge is 0.474 e. The van der Waals surface area contributed by atoms with Crippen LogP contribution in [-0.2, 0) is 18.1 Å². The molecule has 0 saturated heterocycles. The average Bonchev–Trinajstić information content (AvgIpc) is 3.36. The molecule has 0 aromatic carbocycles. The number of halogens is 30. The highest BCUT2D eigenvalue weighted by Crippen LogP contribution is 2.53. The van der Waals surface area contributed by atoms with Crippen LogP contribution in [0.5, 0.6) is 0 Å². The van der Waals surface area contributed by atoms with Gasteiger partial charge in [-0.15, -0.1) is 0 Å². The second-order valence-electron chi connectivity index (χ2n) is 15.2. The molecule has 27 atom stereocenters. The van der Waals surface area contributed by atoms with Crippen LogP contribution in [0.2, 0.25) is 0 Å². The number of hydrogen-bond acceptors (Lipinski definition) is 4. The summed E-state index contributed by atoms with van der Waals surface area (Å²) in [7, 11) is -4.23. The van der Waals surface area contributed by atoms with E-state index in [4.69, 9.17) is 13.6 Å². The summed E-state index contributed by atoms with van der Waals surface area (Å²) < 4.78 is 33.6. The first kappa shape index (κ1) is 85.5. The summed E-state index contributed by atoms with van der Waals surface area (Å²) in [5, 5.41) is 2.67. The fourth-order valence-electron chi connectivity index (χ4n) is 5.50. The van der Waals surface area contributed by atoms with Crippen LogP contribution >= 0.6 is 486 Å². The summed E-state index contributed by atoms with van der Waals surface area (Å²) in [5.74, 6) is 0. The second-order valence-corrected chi connectivity index (χ2v) is 48.5. The van der Waals surface area contributed by atoms with Gasteiger partial charge in [0.15, 0.2) is 0 Å². The van der Waals surface area contributed by atoms with Gasteiger partial charge in [-0.3, -0.25) is 13.6 Å². The number of rotatable bonds is 39. The highest BCUT2D eigenvalue weighted by molar-refractivity contribution is 9.19. The summed E-state index contributed by atoms with van der Waals surface area (Å²) in [4.78, 5) is -0.658. The Bertz CT molecular complexity index is 1310. The molecular formula is C36H45Br30O4P. The normalized spacial score (nSPS) is 25.2. The topological polar surface area (TPSA) is 44.8 Å². The number of phosphoric ester groups is 1. The van der Waals surface area contributed by atoms with Crippen LogP contribution in [0.25, 0.3) is 0 Å². The molecule has 4 nitrogen and oxygen atoms in total. The van der Waals surface area contributed by atoms with Crippen molar-refractivity contribution in [2.24, 2.45) is 0 Å². The molecule has 0 fully saturated rings. The van der Waals surface area contributed by atoms with E-state index in [1.807, 2.05) is 0 Å². The number of phosphoric acid groups is 1. The molecule has 0 heterocycles. The SMILES string of the molecule is O=P(OCC(Br)C(Br)C(Br)C(Br)C(Br)C(Br)C(Br)C(Br)C(Br)CCBr)(OCC(Br)C(Br)C(Br)C(Br)C(Br)C(Br)C(Br)C(Br)C(Br)CCBr)OCC(Br)C(Br)C(Br)C(Br)C(Br)C(Br)C(Br)C(Br)C(Br)CCBr.